The van der Waals surface area contributed by atoms with Gasteiger partial charge in [0.15, 0.2) is 5.16 Å². The van der Waals surface area contributed by atoms with Crippen LogP contribution in [-0.2, 0) is 4.79 Å². The Labute approximate surface area is 188 Å². The molecule has 1 saturated carbocycles. The number of hydrogen-bond donors (Lipinski definition) is 1. The summed E-state index contributed by atoms with van der Waals surface area (Å²) in [6, 6.07) is 22.5. The van der Waals surface area contributed by atoms with Crippen molar-refractivity contribution in [2.45, 2.75) is 29.3 Å². The first kappa shape index (κ1) is 20.5. The molecule has 3 aromatic carbocycles. The van der Waals surface area contributed by atoms with E-state index in [1.807, 2.05) is 36.4 Å². The monoisotopic (exact) mass is 445 g/mol. The van der Waals surface area contributed by atoms with Gasteiger partial charge in [0.05, 0.1) is 16.6 Å². The maximum absolute atomic E-state index is 13.5. The van der Waals surface area contributed by atoms with E-state index in [1.54, 1.807) is 30.3 Å². The van der Waals surface area contributed by atoms with Crippen molar-refractivity contribution in [3.05, 3.63) is 101 Å². The molecule has 1 unspecified atom stereocenters. The minimum atomic E-state index is -0.681. The van der Waals surface area contributed by atoms with Crippen LogP contribution in [0.2, 0.25) is 0 Å². The fourth-order valence-electron chi connectivity index (χ4n) is 3.52. The molecule has 1 aromatic heterocycles. The topological polar surface area (TPSA) is 64.0 Å². The summed E-state index contributed by atoms with van der Waals surface area (Å²) < 4.78 is 15.1. The summed E-state index contributed by atoms with van der Waals surface area (Å²) in [5.41, 5.74) is 1.67. The quantitative estimate of drug-likeness (QED) is 0.347. The number of aromatic nitrogens is 2. The third kappa shape index (κ3) is 4.16. The number of carbonyl (C=O) groups is 1. The Bertz CT molecular complexity index is 1340. The van der Waals surface area contributed by atoms with Crippen molar-refractivity contribution < 1.29 is 9.18 Å². The zero-order chi connectivity index (χ0) is 22.1. The fourth-order valence-corrected chi connectivity index (χ4v) is 4.64. The number of nitrogens with zero attached hydrogens (tertiary/aromatic N) is 2. The van der Waals surface area contributed by atoms with Crippen LogP contribution < -0.4 is 10.9 Å². The summed E-state index contributed by atoms with van der Waals surface area (Å²) in [5.74, 6) is -0.545. The van der Waals surface area contributed by atoms with Gasteiger partial charge < -0.3 is 5.32 Å². The minimum Gasteiger partial charge on any atom is -0.352 e. The van der Waals surface area contributed by atoms with Gasteiger partial charge in [-0.3, -0.25) is 14.2 Å². The first-order chi connectivity index (χ1) is 15.6. The van der Waals surface area contributed by atoms with Crippen LogP contribution in [0.4, 0.5) is 4.39 Å². The second-order valence-electron chi connectivity index (χ2n) is 7.72. The molecular weight excluding hydrogens is 425 g/mol. The van der Waals surface area contributed by atoms with Crippen LogP contribution in [0.3, 0.4) is 0 Å². The average molecular weight is 446 g/mol. The number of nitrogens with one attached hydrogen (secondary N) is 1. The SMILES string of the molecule is O=C(NC1CC1)C(Sc1nc2ccccc2c(=O)n1-c1ccccc1)c1ccc(F)cc1. The number of amides is 1. The number of benzene rings is 3. The first-order valence-electron chi connectivity index (χ1n) is 10.4. The largest absolute Gasteiger partial charge is 0.352 e. The number of fused-ring (bicyclic) bond motifs is 1. The third-order valence-corrected chi connectivity index (χ3v) is 6.52. The average Bonchev–Trinajstić information content (AvgIpc) is 3.63. The highest BCUT2D eigenvalue weighted by Gasteiger charge is 2.30. The maximum atomic E-state index is 13.5. The van der Waals surface area contributed by atoms with Crippen molar-refractivity contribution in [1.82, 2.24) is 14.9 Å². The Balaban J connectivity index is 1.65. The van der Waals surface area contributed by atoms with Crippen LogP contribution in [0.15, 0.2) is 88.8 Å². The molecule has 160 valence electrons. The molecule has 1 atom stereocenters. The smallest absolute Gasteiger partial charge is 0.266 e. The van der Waals surface area contributed by atoms with Crippen LogP contribution in [-0.4, -0.2) is 21.5 Å². The molecule has 1 N–H and O–H groups in total. The summed E-state index contributed by atoms with van der Waals surface area (Å²) in [5, 5.41) is 3.25. The second-order valence-corrected chi connectivity index (χ2v) is 8.79. The van der Waals surface area contributed by atoms with Gasteiger partial charge in [0.25, 0.3) is 5.56 Å². The lowest BCUT2D eigenvalue weighted by Gasteiger charge is -2.19. The summed E-state index contributed by atoms with van der Waals surface area (Å²) >= 11 is 1.19. The lowest BCUT2D eigenvalue weighted by Crippen LogP contribution is -2.30. The Morgan fingerprint density at radius 3 is 2.41 bits per heavy atom. The van der Waals surface area contributed by atoms with E-state index in [2.05, 4.69) is 5.32 Å². The zero-order valence-corrected chi connectivity index (χ0v) is 17.9. The Hall–Kier alpha value is -3.45. The number of halogens is 1. The Morgan fingerprint density at radius 2 is 1.69 bits per heavy atom. The minimum absolute atomic E-state index is 0.173. The molecule has 0 aliphatic heterocycles. The van der Waals surface area contributed by atoms with E-state index in [-0.39, 0.29) is 23.3 Å². The second kappa shape index (κ2) is 8.59. The predicted molar refractivity (Wildman–Crippen MR) is 124 cm³/mol. The number of carbonyl (C=O) groups excluding carboxylic acids is 1. The molecule has 0 saturated heterocycles. The van der Waals surface area contributed by atoms with E-state index in [0.29, 0.717) is 27.3 Å². The van der Waals surface area contributed by atoms with Gasteiger partial charge in [0.2, 0.25) is 5.91 Å². The molecular formula is C25H20FN3O2S. The number of para-hydroxylation sites is 2. The summed E-state index contributed by atoms with van der Waals surface area (Å²) in [6.45, 7) is 0. The van der Waals surface area contributed by atoms with Gasteiger partial charge >= 0.3 is 0 Å². The summed E-state index contributed by atoms with van der Waals surface area (Å²) in [7, 11) is 0. The van der Waals surface area contributed by atoms with Gasteiger partial charge in [-0.25, -0.2) is 9.37 Å². The zero-order valence-electron chi connectivity index (χ0n) is 17.1. The van der Waals surface area contributed by atoms with Gasteiger partial charge in [-0.15, -0.1) is 0 Å². The molecule has 32 heavy (non-hydrogen) atoms. The molecule has 5 nitrogen and oxygen atoms in total. The summed E-state index contributed by atoms with van der Waals surface area (Å²) in [6.07, 6.45) is 1.91. The van der Waals surface area contributed by atoms with E-state index >= 15 is 0 Å². The van der Waals surface area contributed by atoms with Gasteiger partial charge in [-0.2, -0.15) is 0 Å². The van der Waals surface area contributed by atoms with E-state index < -0.39 is 5.25 Å². The van der Waals surface area contributed by atoms with Crippen LogP contribution in [0.5, 0.6) is 0 Å². The number of rotatable bonds is 6. The van der Waals surface area contributed by atoms with Crippen LogP contribution in [0, 0.1) is 5.82 Å². The molecule has 0 spiro atoms. The standard InChI is InChI=1S/C25H20FN3O2S/c26-17-12-10-16(11-13-17)22(23(30)27-18-14-15-18)32-25-28-21-9-5-4-8-20(21)24(31)29(25)19-6-2-1-3-7-19/h1-13,18,22H,14-15H2,(H,27,30). The van der Waals surface area contributed by atoms with Crippen LogP contribution in [0.25, 0.3) is 16.6 Å². The molecule has 1 aliphatic rings. The van der Waals surface area contributed by atoms with Crippen molar-refractivity contribution >= 4 is 28.6 Å². The molecule has 4 aromatic rings. The molecule has 1 fully saturated rings. The molecule has 1 amide bonds. The van der Waals surface area contributed by atoms with E-state index in [1.165, 1.54) is 28.5 Å². The lowest BCUT2D eigenvalue weighted by atomic mass is 10.1. The van der Waals surface area contributed by atoms with Gasteiger partial charge in [-0.1, -0.05) is 54.2 Å². The van der Waals surface area contributed by atoms with Crippen molar-refractivity contribution in [1.29, 1.82) is 0 Å². The highest BCUT2D eigenvalue weighted by Crippen LogP contribution is 2.36. The molecule has 5 rings (SSSR count). The number of hydrogen-bond acceptors (Lipinski definition) is 4. The predicted octanol–water partition coefficient (Wildman–Crippen LogP) is 4.64. The lowest BCUT2D eigenvalue weighted by molar-refractivity contribution is -0.120. The highest BCUT2D eigenvalue weighted by molar-refractivity contribution is 8.00. The molecule has 7 heteroatoms. The molecule has 0 bridgehead atoms. The summed E-state index contributed by atoms with van der Waals surface area (Å²) in [4.78, 5) is 31.3. The fraction of sp³-hybridized carbons (Fsp3) is 0.160. The van der Waals surface area contributed by atoms with Gasteiger partial charge in [0, 0.05) is 6.04 Å². The normalized spacial score (nSPS) is 14.3. The van der Waals surface area contributed by atoms with Gasteiger partial charge in [0.1, 0.15) is 11.1 Å². The van der Waals surface area contributed by atoms with E-state index in [4.69, 9.17) is 4.98 Å². The Morgan fingerprint density at radius 1 is 1.00 bits per heavy atom. The molecule has 0 radical (unpaired) electrons. The first-order valence-corrected chi connectivity index (χ1v) is 11.3. The molecule has 1 aliphatic carbocycles. The van der Waals surface area contributed by atoms with Crippen LogP contribution in [0.1, 0.15) is 23.7 Å². The van der Waals surface area contributed by atoms with Crippen molar-refractivity contribution in [2.75, 3.05) is 0 Å². The van der Waals surface area contributed by atoms with Gasteiger partial charge in [-0.05, 0) is 54.8 Å². The number of thioether (sulfide) groups is 1. The Kier molecular flexibility index (Phi) is 5.49. The third-order valence-electron chi connectivity index (χ3n) is 5.32. The van der Waals surface area contributed by atoms with Crippen molar-refractivity contribution in [3.8, 4) is 5.69 Å². The van der Waals surface area contributed by atoms with Crippen molar-refractivity contribution in [3.63, 3.8) is 0 Å². The highest BCUT2D eigenvalue weighted by atomic mass is 32.2. The van der Waals surface area contributed by atoms with Crippen molar-refractivity contribution in [2.24, 2.45) is 0 Å². The van der Waals surface area contributed by atoms with E-state index in [0.717, 1.165) is 12.8 Å². The van der Waals surface area contributed by atoms with E-state index in [9.17, 15) is 14.0 Å². The maximum Gasteiger partial charge on any atom is 0.266 e. The molecule has 1 heterocycles. The van der Waals surface area contributed by atoms with Crippen LogP contribution >= 0.6 is 11.8 Å².